The van der Waals surface area contributed by atoms with E-state index in [0.717, 1.165) is 50.5 Å². The second kappa shape index (κ2) is 4.62. The van der Waals surface area contributed by atoms with E-state index in [0.29, 0.717) is 24.2 Å². The molecule has 3 heteroatoms. The Hall–Kier alpha value is -0.830. The van der Waals surface area contributed by atoms with E-state index in [2.05, 4.69) is 13.8 Å². The lowest BCUT2D eigenvalue weighted by Gasteiger charge is -2.58. The summed E-state index contributed by atoms with van der Waals surface area (Å²) in [6.07, 6.45) is 7.57. The van der Waals surface area contributed by atoms with Gasteiger partial charge in [-0.05, 0) is 86.0 Å². The van der Waals surface area contributed by atoms with Crippen molar-refractivity contribution >= 4 is 5.78 Å². The standard InChI is InChI=1S/C20H30O3/c1-18-9-8-16(21)17(22)15(18)5-4-12-13(18)6-10-19(2)14(12)7-11-20(19,3)23/h12-14,22-23H,4-11H2,1-3H3/t12?,13?,14?,18?,19?,20-/m0/s1. The lowest BCUT2D eigenvalue weighted by molar-refractivity contribution is -0.127. The van der Waals surface area contributed by atoms with Gasteiger partial charge in [0.15, 0.2) is 11.5 Å². The molecule has 0 bridgehead atoms. The molecule has 3 nitrogen and oxygen atoms in total. The molecule has 0 aliphatic heterocycles. The van der Waals surface area contributed by atoms with Crippen LogP contribution in [-0.4, -0.2) is 21.6 Å². The summed E-state index contributed by atoms with van der Waals surface area (Å²) in [7, 11) is 0. The third kappa shape index (κ3) is 1.83. The Morgan fingerprint density at radius 2 is 1.65 bits per heavy atom. The first-order valence-corrected chi connectivity index (χ1v) is 9.39. The Morgan fingerprint density at radius 3 is 2.39 bits per heavy atom. The Labute approximate surface area is 139 Å². The number of hydrogen-bond acceptors (Lipinski definition) is 3. The average Bonchev–Trinajstić information content (AvgIpc) is 2.74. The average molecular weight is 318 g/mol. The molecule has 0 radical (unpaired) electrons. The summed E-state index contributed by atoms with van der Waals surface area (Å²) in [6, 6.07) is 0. The smallest absolute Gasteiger partial charge is 0.197 e. The third-order valence-electron chi connectivity index (χ3n) is 8.66. The molecule has 0 heterocycles. The van der Waals surface area contributed by atoms with E-state index in [-0.39, 0.29) is 22.4 Å². The molecular weight excluding hydrogens is 288 g/mol. The summed E-state index contributed by atoms with van der Waals surface area (Å²) in [4.78, 5) is 11.9. The van der Waals surface area contributed by atoms with Crippen LogP contribution in [0.3, 0.4) is 0 Å². The van der Waals surface area contributed by atoms with Gasteiger partial charge >= 0.3 is 0 Å². The van der Waals surface area contributed by atoms with Crippen LogP contribution in [-0.2, 0) is 4.79 Å². The van der Waals surface area contributed by atoms with Gasteiger partial charge in [-0.1, -0.05) is 13.8 Å². The molecule has 4 aliphatic rings. The molecule has 128 valence electrons. The number of aliphatic hydroxyl groups excluding tert-OH is 1. The van der Waals surface area contributed by atoms with Crippen molar-refractivity contribution in [2.24, 2.45) is 28.6 Å². The molecule has 0 spiro atoms. The highest BCUT2D eigenvalue weighted by atomic mass is 16.3. The quantitative estimate of drug-likeness (QED) is 0.705. The molecule has 0 saturated heterocycles. The lowest BCUT2D eigenvalue weighted by atomic mass is 9.46. The molecule has 0 aromatic carbocycles. The van der Waals surface area contributed by atoms with Crippen LogP contribution in [0.1, 0.15) is 72.1 Å². The van der Waals surface area contributed by atoms with Crippen molar-refractivity contribution in [3.8, 4) is 0 Å². The highest BCUT2D eigenvalue weighted by Crippen LogP contribution is 2.67. The molecule has 23 heavy (non-hydrogen) atoms. The fourth-order valence-corrected chi connectivity index (χ4v) is 6.93. The highest BCUT2D eigenvalue weighted by Gasteiger charge is 2.62. The maximum absolute atomic E-state index is 11.9. The largest absolute Gasteiger partial charge is 0.504 e. The van der Waals surface area contributed by atoms with Crippen LogP contribution >= 0.6 is 0 Å². The van der Waals surface area contributed by atoms with Gasteiger partial charge in [0.2, 0.25) is 0 Å². The second-order valence-corrected chi connectivity index (χ2v) is 9.35. The van der Waals surface area contributed by atoms with E-state index in [1.54, 1.807) is 0 Å². The summed E-state index contributed by atoms with van der Waals surface area (Å²) >= 11 is 0. The number of hydrogen-bond donors (Lipinski definition) is 2. The number of fused-ring (bicyclic) bond motifs is 5. The van der Waals surface area contributed by atoms with Gasteiger partial charge in [-0.3, -0.25) is 4.79 Å². The first-order valence-electron chi connectivity index (χ1n) is 9.39. The highest BCUT2D eigenvalue weighted by molar-refractivity contribution is 5.95. The van der Waals surface area contributed by atoms with E-state index in [1.807, 2.05) is 6.92 Å². The molecule has 0 aromatic rings. The molecule has 0 amide bonds. The second-order valence-electron chi connectivity index (χ2n) is 9.35. The summed E-state index contributed by atoms with van der Waals surface area (Å²) in [5, 5.41) is 21.3. The topological polar surface area (TPSA) is 57.5 Å². The number of aliphatic hydroxyl groups is 2. The predicted octanol–water partition coefficient (Wildman–Crippen LogP) is 4.16. The number of carbonyl (C=O) groups excluding carboxylic acids is 1. The first-order chi connectivity index (χ1) is 10.7. The Morgan fingerprint density at radius 1 is 0.957 bits per heavy atom. The van der Waals surface area contributed by atoms with Crippen molar-refractivity contribution in [2.45, 2.75) is 77.7 Å². The van der Waals surface area contributed by atoms with Gasteiger partial charge < -0.3 is 10.2 Å². The zero-order chi connectivity index (χ0) is 16.6. The number of Topliss-reactive ketones (excluding diaryl/α,β-unsaturated/α-hetero) is 1. The normalized spacial score (nSPS) is 52.9. The minimum Gasteiger partial charge on any atom is -0.504 e. The van der Waals surface area contributed by atoms with Gasteiger partial charge in [0.25, 0.3) is 0 Å². The number of allylic oxidation sites excluding steroid dienone is 1. The van der Waals surface area contributed by atoms with Gasteiger partial charge in [0, 0.05) is 6.42 Å². The van der Waals surface area contributed by atoms with Crippen molar-refractivity contribution in [1.82, 2.24) is 0 Å². The maximum Gasteiger partial charge on any atom is 0.197 e. The summed E-state index contributed by atoms with van der Waals surface area (Å²) < 4.78 is 0. The van der Waals surface area contributed by atoms with Crippen LogP contribution in [0, 0.1) is 28.6 Å². The number of carbonyl (C=O) groups is 1. The van der Waals surface area contributed by atoms with Gasteiger partial charge in [-0.25, -0.2) is 0 Å². The molecular formula is C20H30O3. The third-order valence-corrected chi connectivity index (χ3v) is 8.66. The maximum atomic E-state index is 11.9. The molecule has 0 aromatic heterocycles. The van der Waals surface area contributed by atoms with Crippen molar-refractivity contribution in [1.29, 1.82) is 0 Å². The fourth-order valence-electron chi connectivity index (χ4n) is 6.93. The number of ketones is 1. The molecule has 3 fully saturated rings. The van der Waals surface area contributed by atoms with E-state index >= 15 is 0 Å². The summed E-state index contributed by atoms with van der Waals surface area (Å²) in [6.45, 7) is 6.63. The monoisotopic (exact) mass is 318 g/mol. The van der Waals surface area contributed by atoms with Crippen molar-refractivity contribution < 1.29 is 15.0 Å². The summed E-state index contributed by atoms with van der Waals surface area (Å²) in [5.41, 5.74) is 0.544. The number of rotatable bonds is 0. The Bertz CT molecular complexity index is 590. The van der Waals surface area contributed by atoms with Crippen LogP contribution in [0.25, 0.3) is 0 Å². The van der Waals surface area contributed by atoms with Crippen LogP contribution < -0.4 is 0 Å². The van der Waals surface area contributed by atoms with E-state index in [1.165, 1.54) is 0 Å². The summed E-state index contributed by atoms with van der Waals surface area (Å²) in [5.74, 6) is 1.82. The van der Waals surface area contributed by atoms with Crippen molar-refractivity contribution in [3.63, 3.8) is 0 Å². The van der Waals surface area contributed by atoms with Gasteiger partial charge in [0.1, 0.15) is 0 Å². The minimum absolute atomic E-state index is 0.00329. The van der Waals surface area contributed by atoms with Crippen molar-refractivity contribution in [3.05, 3.63) is 11.3 Å². The molecule has 6 atom stereocenters. The van der Waals surface area contributed by atoms with Crippen LogP contribution in [0.2, 0.25) is 0 Å². The Balaban J connectivity index is 1.72. The molecule has 3 saturated carbocycles. The minimum atomic E-state index is -0.537. The predicted molar refractivity (Wildman–Crippen MR) is 88.9 cm³/mol. The van der Waals surface area contributed by atoms with Crippen LogP contribution in [0.4, 0.5) is 0 Å². The molecule has 4 rings (SSSR count). The van der Waals surface area contributed by atoms with Crippen LogP contribution in [0.5, 0.6) is 0 Å². The lowest BCUT2D eigenvalue weighted by Crippen LogP contribution is -2.54. The van der Waals surface area contributed by atoms with E-state index < -0.39 is 5.60 Å². The van der Waals surface area contributed by atoms with Crippen LogP contribution in [0.15, 0.2) is 11.3 Å². The molecule has 2 N–H and O–H groups in total. The SMILES string of the molecule is CC12CCC(=O)C(O)=C1CCC1C2CCC2(C)C1CC[C@]2(C)O. The van der Waals surface area contributed by atoms with Gasteiger partial charge in [-0.2, -0.15) is 0 Å². The first kappa shape index (κ1) is 15.7. The fraction of sp³-hybridized carbons (Fsp3) is 0.850. The zero-order valence-electron chi connectivity index (χ0n) is 14.7. The van der Waals surface area contributed by atoms with Gasteiger partial charge in [-0.15, -0.1) is 0 Å². The van der Waals surface area contributed by atoms with E-state index in [9.17, 15) is 15.0 Å². The van der Waals surface area contributed by atoms with Crippen molar-refractivity contribution in [2.75, 3.05) is 0 Å². The van der Waals surface area contributed by atoms with Gasteiger partial charge in [0.05, 0.1) is 5.60 Å². The Kier molecular flexibility index (Phi) is 3.15. The van der Waals surface area contributed by atoms with E-state index in [4.69, 9.17) is 0 Å². The zero-order valence-corrected chi connectivity index (χ0v) is 14.7. The molecule has 4 aliphatic carbocycles. The molecule has 5 unspecified atom stereocenters.